The van der Waals surface area contributed by atoms with Crippen LogP contribution in [0.5, 0.6) is 5.75 Å². The van der Waals surface area contributed by atoms with E-state index in [1.165, 1.54) is 0 Å². The first kappa shape index (κ1) is 25.9. The number of non-ortho nitro benzene ring substituents is 1. The van der Waals surface area contributed by atoms with Crippen molar-refractivity contribution < 1.29 is 59.6 Å². The Bertz CT molecular complexity index is 829. The van der Waals surface area contributed by atoms with E-state index in [4.69, 9.17) is 30.5 Å². The average molecular weight is 498 g/mol. The van der Waals surface area contributed by atoms with Gasteiger partial charge in [-0.05, 0) is 6.07 Å². The van der Waals surface area contributed by atoms with Crippen molar-refractivity contribution in [2.24, 2.45) is 0 Å². The molecule has 186 valence electrons. The van der Waals surface area contributed by atoms with Gasteiger partial charge in [0.25, 0.3) is 5.69 Å². The van der Waals surface area contributed by atoms with E-state index < -0.39 is 79.5 Å². The Morgan fingerprint density at radius 3 is 2.18 bits per heavy atom. The van der Waals surface area contributed by atoms with Crippen molar-refractivity contribution in [2.75, 3.05) is 13.2 Å². The Morgan fingerprint density at radius 2 is 1.61 bits per heavy atom. The zero-order valence-corrected chi connectivity index (χ0v) is 17.6. The lowest BCUT2D eigenvalue weighted by molar-refractivity contribution is -0.384. The van der Waals surface area contributed by atoms with Gasteiger partial charge in [-0.15, -0.1) is 0 Å². The van der Waals surface area contributed by atoms with Gasteiger partial charge in [-0.25, -0.2) is 0 Å². The smallest absolute Gasteiger partial charge is 0.271 e. The minimum absolute atomic E-state index is 0.129. The van der Waals surface area contributed by atoms with Crippen LogP contribution in [0, 0.1) is 10.1 Å². The van der Waals surface area contributed by atoms with Crippen LogP contribution in [0.1, 0.15) is 0 Å². The monoisotopic (exact) mass is 497 g/mol. The van der Waals surface area contributed by atoms with Crippen LogP contribution in [-0.4, -0.2) is 115 Å². The lowest BCUT2D eigenvalue weighted by Gasteiger charge is -2.46. The Kier molecular flexibility index (Phi) is 8.41. The fraction of sp³-hybridized carbons (Fsp3) is 0.667. The van der Waals surface area contributed by atoms with Gasteiger partial charge in [0.15, 0.2) is 18.7 Å². The van der Waals surface area contributed by atoms with Crippen LogP contribution in [0.15, 0.2) is 18.2 Å². The standard InChI is InChI=1S/C18H24ClNO13/c19-7-3-6(20(28)29)1-2-8(7)30-16-11(23)9(4-21)32-18(14(16)26)33-15-10(5-22)31-17(27)13(25)12(15)24/h1-3,9-18,21-27H,4-5H2/t9-,10-,11-,12-,13-,14-,15-,16+,17-,18-/m1/s1. The van der Waals surface area contributed by atoms with Crippen LogP contribution >= 0.6 is 11.6 Å². The summed E-state index contributed by atoms with van der Waals surface area (Å²) in [5, 5.41) is 80.6. The summed E-state index contributed by atoms with van der Waals surface area (Å²) < 4.78 is 21.4. The molecule has 0 amide bonds. The van der Waals surface area contributed by atoms with Crippen molar-refractivity contribution in [2.45, 2.75) is 61.4 Å². The van der Waals surface area contributed by atoms with E-state index in [-0.39, 0.29) is 16.5 Å². The second-order valence-electron chi connectivity index (χ2n) is 7.49. The van der Waals surface area contributed by atoms with Gasteiger partial charge in [-0.2, -0.15) is 0 Å². The van der Waals surface area contributed by atoms with Gasteiger partial charge in [0.1, 0.15) is 48.5 Å². The van der Waals surface area contributed by atoms with Crippen LogP contribution in [0.2, 0.25) is 5.02 Å². The summed E-state index contributed by atoms with van der Waals surface area (Å²) in [7, 11) is 0. The first-order valence-electron chi connectivity index (χ1n) is 9.78. The number of benzene rings is 1. The summed E-state index contributed by atoms with van der Waals surface area (Å²) in [5.41, 5.74) is -0.322. The minimum Gasteiger partial charge on any atom is -0.483 e. The number of hydrogen-bond donors (Lipinski definition) is 7. The van der Waals surface area contributed by atoms with Gasteiger partial charge >= 0.3 is 0 Å². The third-order valence-electron chi connectivity index (χ3n) is 5.34. The Balaban J connectivity index is 1.82. The highest BCUT2D eigenvalue weighted by atomic mass is 35.5. The van der Waals surface area contributed by atoms with Crippen molar-refractivity contribution in [1.82, 2.24) is 0 Å². The maximum absolute atomic E-state index is 10.9. The van der Waals surface area contributed by atoms with E-state index in [0.29, 0.717) is 0 Å². The predicted molar refractivity (Wildman–Crippen MR) is 105 cm³/mol. The molecule has 14 nitrogen and oxygen atoms in total. The molecule has 2 aliphatic rings. The van der Waals surface area contributed by atoms with Crippen molar-refractivity contribution in [1.29, 1.82) is 0 Å². The number of nitro benzene ring substituents is 1. The first-order valence-corrected chi connectivity index (χ1v) is 10.2. The van der Waals surface area contributed by atoms with Crippen molar-refractivity contribution in [3.05, 3.63) is 33.3 Å². The normalized spacial score (nSPS) is 39.3. The molecule has 0 unspecified atom stereocenters. The zero-order chi connectivity index (χ0) is 24.4. The SMILES string of the molecule is O=[N+]([O-])c1ccc(O[C@@H]2[C@@H](O)[C@@H](O[C@H]3[C@H](O)[C@@H](O)[C@H](O)O[C@@H]3CO)O[C@H](CO)[C@H]2O)c(Cl)c1. The molecule has 0 aliphatic carbocycles. The number of aliphatic hydroxyl groups is 7. The molecule has 7 N–H and O–H groups in total. The van der Waals surface area contributed by atoms with Gasteiger partial charge in [0, 0.05) is 12.1 Å². The number of ether oxygens (including phenoxy) is 4. The fourth-order valence-electron chi connectivity index (χ4n) is 3.54. The molecule has 2 saturated heterocycles. The third kappa shape index (κ3) is 5.36. The zero-order valence-electron chi connectivity index (χ0n) is 16.8. The van der Waals surface area contributed by atoms with Gasteiger partial charge in [-0.3, -0.25) is 10.1 Å². The molecule has 2 heterocycles. The van der Waals surface area contributed by atoms with Crippen LogP contribution < -0.4 is 4.74 Å². The van der Waals surface area contributed by atoms with Crippen molar-refractivity contribution in [3.8, 4) is 5.75 Å². The number of nitro groups is 1. The van der Waals surface area contributed by atoms with Crippen molar-refractivity contribution in [3.63, 3.8) is 0 Å². The first-order chi connectivity index (χ1) is 15.6. The number of halogens is 1. The predicted octanol–water partition coefficient (Wildman–Crippen LogP) is -2.75. The Labute approximate surface area is 191 Å². The van der Waals surface area contributed by atoms with E-state index in [0.717, 1.165) is 18.2 Å². The minimum atomic E-state index is -1.80. The second kappa shape index (κ2) is 10.7. The number of rotatable bonds is 7. The molecule has 0 aromatic heterocycles. The molecule has 0 saturated carbocycles. The highest BCUT2D eigenvalue weighted by Gasteiger charge is 2.51. The maximum Gasteiger partial charge on any atom is 0.271 e. The molecule has 0 radical (unpaired) electrons. The van der Waals surface area contributed by atoms with E-state index in [9.17, 15) is 45.9 Å². The lowest BCUT2D eigenvalue weighted by atomic mass is 9.97. The fourth-order valence-corrected chi connectivity index (χ4v) is 3.76. The Hall–Kier alpha value is -1.69. The van der Waals surface area contributed by atoms with Gasteiger partial charge < -0.3 is 54.7 Å². The molecule has 2 aliphatic heterocycles. The summed E-state index contributed by atoms with van der Waals surface area (Å²) in [6.45, 7) is -1.48. The molecule has 10 atom stereocenters. The summed E-state index contributed by atoms with van der Waals surface area (Å²) in [6.07, 6.45) is -16.1. The summed E-state index contributed by atoms with van der Waals surface area (Å²) in [4.78, 5) is 10.2. The van der Waals surface area contributed by atoms with E-state index in [1.54, 1.807) is 0 Å². The number of nitrogens with zero attached hydrogens (tertiary/aromatic N) is 1. The molecular weight excluding hydrogens is 474 g/mol. The van der Waals surface area contributed by atoms with Crippen LogP contribution in [-0.2, 0) is 14.2 Å². The van der Waals surface area contributed by atoms with E-state index in [2.05, 4.69) is 0 Å². The van der Waals surface area contributed by atoms with Gasteiger partial charge in [0.2, 0.25) is 0 Å². The summed E-state index contributed by atoms with van der Waals surface area (Å²) in [6, 6.07) is 3.24. The highest BCUT2D eigenvalue weighted by Crippen LogP contribution is 2.34. The van der Waals surface area contributed by atoms with E-state index >= 15 is 0 Å². The molecule has 0 bridgehead atoms. The molecule has 1 aromatic carbocycles. The quantitative estimate of drug-likeness (QED) is 0.150. The number of aliphatic hydroxyl groups excluding tert-OH is 7. The topological polar surface area (TPSA) is 222 Å². The highest BCUT2D eigenvalue weighted by molar-refractivity contribution is 6.32. The summed E-state index contributed by atoms with van der Waals surface area (Å²) >= 11 is 6.00. The average Bonchev–Trinajstić information content (AvgIpc) is 2.78. The van der Waals surface area contributed by atoms with Gasteiger partial charge in [0.05, 0.1) is 23.2 Å². The van der Waals surface area contributed by atoms with Crippen LogP contribution in [0.4, 0.5) is 5.69 Å². The summed E-state index contributed by atoms with van der Waals surface area (Å²) in [5.74, 6) is -0.129. The molecule has 33 heavy (non-hydrogen) atoms. The largest absolute Gasteiger partial charge is 0.483 e. The molecule has 15 heteroatoms. The van der Waals surface area contributed by atoms with Crippen molar-refractivity contribution >= 4 is 17.3 Å². The maximum atomic E-state index is 10.9. The van der Waals surface area contributed by atoms with E-state index in [1.807, 2.05) is 0 Å². The molecule has 2 fully saturated rings. The number of hydrogen-bond acceptors (Lipinski definition) is 13. The third-order valence-corrected chi connectivity index (χ3v) is 5.64. The molecule has 0 spiro atoms. The molecule has 1 aromatic rings. The van der Waals surface area contributed by atoms with Gasteiger partial charge in [-0.1, -0.05) is 11.6 Å². The molecular formula is C18H24ClNO13. The van der Waals surface area contributed by atoms with Crippen LogP contribution in [0.3, 0.4) is 0 Å². The van der Waals surface area contributed by atoms with Crippen LogP contribution in [0.25, 0.3) is 0 Å². The Morgan fingerprint density at radius 1 is 0.939 bits per heavy atom. The lowest BCUT2D eigenvalue weighted by Crippen LogP contribution is -2.65. The molecule has 3 rings (SSSR count). The second-order valence-corrected chi connectivity index (χ2v) is 7.90.